The Morgan fingerprint density at radius 1 is 1.37 bits per heavy atom. The molecule has 1 amide bonds. The van der Waals surface area contributed by atoms with Crippen LogP contribution in [0.25, 0.3) is 0 Å². The number of fused-ring (bicyclic) bond motifs is 2. The van der Waals surface area contributed by atoms with Crippen LogP contribution in [0.15, 0.2) is 24.5 Å². The molecular weight excluding hydrogens is 236 g/mol. The first-order valence-electron chi connectivity index (χ1n) is 7.41. The Kier molecular flexibility index (Phi) is 3.54. The van der Waals surface area contributed by atoms with E-state index in [1.165, 1.54) is 25.7 Å². The molecule has 3 rings (SSSR count). The summed E-state index contributed by atoms with van der Waals surface area (Å²) < 4.78 is 0. The summed E-state index contributed by atoms with van der Waals surface area (Å²) >= 11 is 0. The molecule has 102 valence electrons. The smallest absolute Gasteiger partial charge is 0.220 e. The molecule has 3 nitrogen and oxygen atoms in total. The molecule has 2 saturated carbocycles. The van der Waals surface area contributed by atoms with Crippen LogP contribution in [0.4, 0.5) is 0 Å². The van der Waals surface area contributed by atoms with Gasteiger partial charge in [-0.2, -0.15) is 0 Å². The fourth-order valence-corrected chi connectivity index (χ4v) is 3.90. The number of hydrogen-bond donors (Lipinski definition) is 1. The third kappa shape index (κ3) is 2.80. The second kappa shape index (κ2) is 5.32. The van der Waals surface area contributed by atoms with Gasteiger partial charge in [0.15, 0.2) is 0 Å². The SMILES string of the molecule is CC(NC(=O)CC1CC2CCC1C2)c1ccncc1. The topological polar surface area (TPSA) is 42.0 Å². The molecule has 19 heavy (non-hydrogen) atoms. The molecule has 1 N–H and O–H groups in total. The van der Waals surface area contributed by atoms with Crippen molar-refractivity contribution >= 4 is 5.91 Å². The van der Waals surface area contributed by atoms with E-state index in [0.717, 1.165) is 23.8 Å². The van der Waals surface area contributed by atoms with Crippen molar-refractivity contribution in [2.45, 2.75) is 45.1 Å². The normalized spacial score (nSPS) is 30.3. The van der Waals surface area contributed by atoms with Gasteiger partial charge < -0.3 is 5.32 Å². The molecule has 4 atom stereocenters. The largest absolute Gasteiger partial charge is 0.350 e. The number of nitrogens with zero attached hydrogens (tertiary/aromatic N) is 1. The first-order chi connectivity index (χ1) is 9.22. The van der Waals surface area contributed by atoms with Gasteiger partial charge in [0.05, 0.1) is 6.04 Å². The van der Waals surface area contributed by atoms with Gasteiger partial charge in [-0.15, -0.1) is 0 Å². The van der Waals surface area contributed by atoms with Gasteiger partial charge in [-0.05, 0) is 61.6 Å². The van der Waals surface area contributed by atoms with E-state index in [4.69, 9.17) is 0 Å². The van der Waals surface area contributed by atoms with Gasteiger partial charge in [-0.25, -0.2) is 0 Å². The number of carbonyl (C=O) groups is 1. The van der Waals surface area contributed by atoms with Gasteiger partial charge in [0.1, 0.15) is 0 Å². The minimum atomic E-state index is 0.0779. The van der Waals surface area contributed by atoms with E-state index in [9.17, 15) is 4.79 Å². The van der Waals surface area contributed by atoms with Crippen LogP contribution in [0.5, 0.6) is 0 Å². The molecule has 1 aromatic heterocycles. The molecule has 0 aromatic carbocycles. The van der Waals surface area contributed by atoms with Crippen LogP contribution in [0, 0.1) is 17.8 Å². The lowest BCUT2D eigenvalue weighted by Crippen LogP contribution is -2.29. The van der Waals surface area contributed by atoms with Crippen LogP contribution in [-0.2, 0) is 4.79 Å². The van der Waals surface area contributed by atoms with Gasteiger partial charge in [0.2, 0.25) is 5.91 Å². The second-order valence-corrected chi connectivity index (χ2v) is 6.21. The zero-order chi connectivity index (χ0) is 13.2. The van der Waals surface area contributed by atoms with Crippen molar-refractivity contribution in [1.82, 2.24) is 10.3 Å². The fraction of sp³-hybridized carbons (Fsp3) is 0.625. The maximum Gasteiger partial charge on any atom is 0.220 e. The Labute approximate surface area is 114 Å². The minimum Gasteiger partial charge on any atom is -0.350 e. The summed E-state index contributed by atoms with van der Waals surface area (Å²) in [6.07, 6.45) is 9.66. The van der Waals surface area contributed by atoms with Crippen LogP contribution < -0.4 is 5.32 Å². The van der Waals surface area contributed by atoms with E-state index < -0.39 is 0 Å². The number of aromatic nitrogens is 1. The first kappa shape index (κ1) is 12.6. The quantitative estimate of drug-likeness (QED) is 0.901. The van der Waals surface area contributed by atoms with Crippen LogP contribution >= 0.6 is 0 Å². The lowest BCUT2D eigenvalue weighted by Gasteiger charge is -2.22. The summed E-state index contributed by atoms with van der Waals surface area (Å²) in [5.41, 5.74) is 1.12. The molecule has 4 unspecified atom stereocenters. The van der Waals surface area contributed by atoms with Gasteiger partial charge in [0, 0.05) is 18.8 Å². The second-order valence-electron chi connectivity index (χ2n) is 6.21. The summed E-state index contributed by atoms with van der Waals surface area (Å²) in [5.74, 6) is 2.60. The molecule has 0 spiro atoms. The maximum atomic E-state index is 12.1. The molecule has 0 radical (unpaired) electrons. The molecule has 2 aliphatic rings. The summed E-state index contributed by atoms with van der Waals surface area (Å²) in [5, 5.41) is 3.12. The zero-order valence-electron chi connectivity index (χ0n) is 11.5. The molecule has 0 saturated heterocycles. The molecule has 1 heterocycles. The first-order valence-corrected chi connectivity index (χ1v) is 7.41. The number of pyridine rings is 1. The Morgan fingerprint density at radius 3 is 2.79 bits per heavy atom. The van der Waals surface area contributed by atoms with Crippen molar-refractivity contribution in [3.8, 4) is 0 Å². The predicted molar refractivity (Wildman–Crippen MR) is 74.3 cm³/mol. The highest BCUT2D eigenvalue weighted by Crippen LogP contribution is 2.49. The molecule has 2 fully saturated rings. The summed E-state index contributed by atoms with van der Waals surface area (Å²) in [4.78, 5) is 16.1. The average Bonchev–Trinajstić information content (AvgIpc) is 3.02. The molecule has 2 bridgehead atoms. The van der Waals surface area contributed by atoms with Crippen LogP contribution in [0.3, 0.4) is 0 Å². The highest BCUT2D eigenvalue weighted by molar-refractivity contribution is 5.76. The number of rotatable bonds is 4. The van der Waals surface area contributed by atoms with Crippen LogP contribution in [0.1, 0.15) is 50.6 Å². The van der Waals surface area contributed by atoms with Crippen molar-refractivity contribution in [3.63, 3.8) is 0 Å². The Morgan fingerprint density at radius 2 is 2.16 bits per heavy atom. The maximum absolute atomic E-state index is 12.1. The summed E-state index contributed by atoms with van der Waals surface area (Å²) in [6, 6.07) is 4.00. The fourth-order valence-electron chi connectivity index (χ4n) is 3.90. The van der Waals surface area contributed by atoms with E-state index >= 15 is 0 Å². The van der Waals surface area contributed by atoms with Gasteiger partial charge in [-0.1, -0.05) is 6.42 Å². The highest BCUT2D eigenvalue weighted by Gasteiger charge is 2.40. The molecule has 1 aromatic rings. The monoisotopic (exact) mass is 258 g/mol. The number of amides is 1. The minimum absolute atomic E-state index is 0.0779. The highest BCUT2D eigenvalue weighted by atomic mass is 16.1. The van der Waals surface area contributed by atoms with Crippen molar-refractivity contribution in [2.75, 3.05) is 0 Å². The van der Waals surface area contributed by atoms with Crippen molar-refractivity contribution < 1.29 is 4.79 Å². The predicted octanol–water partition coefficient (Wildman–Crippen LogP) is 3.09. The Balaban J connectivity index is 1.51. The van der Waals surface area contributed by atoms with Gasteiger partial charge >= 0.3 is 0 Å². The van der Waals surface area contributed by atoms with Crippen molar-refractivity contribution in [1.29, 1.82) is 0 Å². The molecule has 2 aliphatic carbocycles. The summed E-state index contributed by atoms with van der Waals surface area (Å²) in [7, 11) is 0. The Bertz CT molecular complexity index is 445. The Hall–Kier alpha value is -1.38. The van der Waals surface area contributed by atoms with Crippen LogP contribution in [-0.4, -0.2) is 10.9 Å². The molecule has 0 aliphatic heterocycles. The standard InChI is InChI=1S/C16H22N2O/c1-11(13-4-6-17-7-5-13)18-16(19)10-15-9-12-2-3-14(15)8-12/h4-7,11-12,14-15H,2-3,8-10H2,1H3,(H,18,19). The third-order valence-electron chi connectivity index (χ3n) is 4.92. The average molecular weight is 258 g/mol. The van der Waals surface area contributed by atoms with Gasteiger partial charge in [0.25, 0.3) is 0 Å². The third-order valence-corrected chi connectivity index (χ3v) is 4.92. The van der Waals surface area contributed by atoms with E-state index in [1.807, 2.05) is 19.1 Å². The van der Waals surface area contributed by atoms with Crippen LogP contribution in [0.2, 0.25) is 0 Å². The lowest BCUT2D eigenvalue weighted by molar-refractivity contribution is -0.123. The number of nitrogens with one attached hydrogen (secondary N) is 1. The summed E-state index contributed by atoms with van der Waals surface area (Å²) in [6.45, 7) is 2.04. The van der Waals surface area contributed by atoms with E-state index in [2.05, 4.69) is 10.3 Å². The van der Waals surface area contributed by atoms with E-state index in [-0.39, 0.29) is 11.9 Å². The lowest BCUT2D eigenvalue weighted by atomic mass is 9.86. The zero-order valence-corrected chi connectivity index (χ0v) is 11.5. The van der Waals surface area contributed by atoms with Gasteiger partial charge in [-0.3, -0.25) is 9.78 Å². The number of hydrogen-bond acceptors (Lipinski definition) is 2. The van der Waals surface area contributed by atoms with Crippen molar-refractivity contribution in [3.05, 3.63) is 30.1 Å². The molecular formula is C16H22N2O. The molecule has 3 heteroatoms. The van der Waals surface area contributed by atoms with Crippen molar-refractivity contribution in [2.24, 2.45) is 17.8 Å². The number of carbonyl (C=O) groups excluding carboxylic acids is 1. The van der Waals surface area contributed by atoms with E-state index in [1.54, 1.807) is 12.4 Å². The van der Waals surface area contributed by atoms with E-state index in [0.29, 0.717) is 5.92 Å².